The number of aliphatic hydroxyl groups excluding tert-OH is 1. The smallest absolute Gasteiger partial charge is 0.117 e. The van der Waals surface area contributed by atoms with Crippen molar-refractivity contribution in [2.75, 3.05) is 0 Å². The predicted molar refractivity (Wildman–Crippen MR) is 86.9 cm³/mol. The molecule has 0 aliphatic rings. The number of aliphatic hydroxyl groups is 1. The molecule has 0 unspecified atom stereocenters. The highest BCUT2D eigenvalue weighted by molar-refractivity contribution is 5.65. The Balaban J connectivity index is 2.21. The normalized spacial score (nSPS) is 10.9. The summed E-state index contributed by atoms with van der Waals surface area (Å²) in [5.74, 6) is 0. The third-order valence-electron chi connectivity index (χ3n) is 3.92. The molecule has 4 heteroatoms. The van der Waals surface area contributed by atoms with E-state index in [-0.39, 0.29) is 6.61 Å². The minimum absolute atomic E-state index is 0.131. The van der Waals surface area contributed by atoms with Crippen LogP contribution >= 0.6 is 0 Å². The van der Waals surface area contributed by atoms with Crippen LogP contribution in [0.4, 0.5) is 0 Å². The summed E-state index contributed by atoms with van der Waals surface area (Å²) < 4.78 is 1.80. The Morgan fingerprint density at radius 1 is 1.00 bits per heavy atom. The van der Waals surface area contributed by atoms with E-state index >= 15 is 0 Å². The summed E-state index contributed by atoms with van der Waals surface area (Å²) in [5.41, 5.74) is 6.99. The molecule has 0 aliphatic heterocycles. The summed E-state index contributed by atoms with van der Waals surface area (Å²) in [6, 6.07) is 14.3. The van der Waals surface area contributed by atoms with Gasteiger partial charge in [0.15, 0.2) is 0 Å². The molecule has 0 fully saturated rings. The largest absolute Gasteiger partial charge is 0.390 e. The van der Waals surface area contributed by atoms with Crippen molar-refractivity contribution in [2.24, 2.45) is 0 Å². The summed E-state index contributed by atoms with van der Waals surface area (Å²) in [5, 5.41) is 18.0. The molecule has 3 aromatic rings. The van der Waals surface area contributed by atoms with Gasteiger partial charge in [-0.1, -0.05) is 35.0 Å². The lowest BCUT2D eigenvalue weighted by molar-refractivity contribution is 0.277. The fourth-order valence-electron chi connectivity index (χ4n) is 2.54. The number of nitrogens with zero attached hydrogens (tertiary/aromatic N) is 3. The molecule has 3 rings (SSSR count). The van der Waals surface area contributed by atoms with Gasteiger partial charge in [0.2, 0.25) is 0 Å². The van der Waals surface area contributed by atoms with Crippen LogP contribution in [0.3, 0.4) is 0 Å². The van der Waals surface area contributed by atoms with E-state index in [2.05, 4.69) is 42.4 Å². The lowest BCUT2D eigenvalue weighted by atomic mass is 10.1. The fraction of sp³-hybridized carbons (Fsp3) is 0.222. The first-order chi connectivity index (χ1) is 10.6. The summed E-state index contributed by atoms with van der Waals surface area (Å²) >= 11 is 0. The second-order valence-corrected chi connectivity index (χ2v) is 5.59. The van der Waals surface area contributed by atoms with E-state index in [4.69, 9.17) is 0 Å². The van der Waals surface area contributed by atoms with Crippen LogP contribution in [0, 0.1) is 20.8 Å². The first kappa shape index (κ1) is 14.5. The molecule has 22 heavy (non-hydrogen) atoms. The molecular formula is C18H19N3O. The summed E-state index contributed by atoms with van der Waals surface area (Å²) in [6.45, 7) is 6.08. The standard InChI is InChI=1S/C18H19N3O/c1-12-5-4-6-15(9-12)18-17(11-22)19-20-21(18)16-8-7-13(2)14(3)10-16/h4-10,22H,11H2,1-3H3. The molecule has 0 radical (unpaired) electrons. The zero-order valence-electron chi connectivity index (χ0n) is 13.0. The number of hydrogen-bond donors (Lipinski definition) is 1. The quantitative estimate of drug-likeness (QED) is 0.805. The minimum Gasteiger partial charge on any atom is -0.390 e. The Kier molecular flexibility index (Phi) is 3.77. The molecular weight excluding hydrogens is 274 g/mol. The molecule has 112 valence electrons. The van der Waals surface area contributed by atoms with E-state index in [1.165, 1.54) is 11.1 Å². The third-order valence-corrected chi connectivity index (χ3v) is 3.92. The van der Waals surface area contributed by atoms with Crippen LogP contribution in [0.1, 0.15) is 22.4 Å². The topological polar surface area (TPSA) is 50.9 Å². The molecule has 1 N–H and O–H groups in total. The molecule has 1 aromatic heterocycles. The van der Waals surface area contributed by atoms with E-state index in [9.17, 15) is 5.11 Å². The summed E-state index contributed by atoms with van der Waals surface area (Å²) in [6.07, 6.45) is 0. The maximum Gasteiger partial charge on any atom is 0.117 e. The molecule has 0 atom stereocenters. The van der Waals surface area contributed by atoms with Gasteiger partial charge in [0, 0.05) is 5.56 Å². The first-order valence-corrected chi connectivity index (χ1v) is 7.30. The predicted octanol–water partition coefficient (Wildman–Crippen LogP) is 3.35. The van der Waals surface area contributed by atoms with E-state index in [0.29, 0.717) is 5.69 Å². The van der Waals surface area contributed by atoms with Gasteiger partial charge in [0.05, 0.1) is 12.3 Å². The molecule has 1 heterocycles. The number of benzene rings is 2. The number of aryl methyl sites for hydroxylation is 3. The highest BCUT2D eigenvalue weighted by Crippen LogP contribution is 2.26. The summed E-state index contributed by atoms with van der Waals surface area (Å²) in [4.78, 5) is 0. The fourth-order valence-corrected chi connectivity index (χ4v) is 2.54. The number of aromatic nitrogens is 3. The second-order valence-electron chi connectivity index (χ2n) is 5.59. The van der Waals surface area contributed by atoms with Crippen molar-refractivity contribution in [2.45, 2.75) is 27.4 Å². The number of hydrogen-bond acceptors (Lipinski definition) is 3. The highest BCUT2D eigenvalue weighted by atomic mass is 16.3. The molecule has 0 aliphatic carbocycles. The van der Waals surface area contributed by atoms with E-state index in [1.807, 2.05) is 31.2 Å². The Bertz CT molecular complexity index is 821. The van der Waals surface area contributed by atoms with Gasteiger partial charge in [0.25, 0.3) is 0 Å². The van der Waals surface area contributed by atoms with Crippen molar-refractivity contribution in [1.29, 1.82) is 0 Å². The van der Waals surface area contributed by atoms with Crippen molar-refractivity contribution in [1.82, 2.24) is 15.0 Å². The van der Waals surface area contributed by atoms with E-state index in [0.717, 1.165) is 22.5 Å². The zero-order chi connectivity index (χ0) is 15.7. The second kappa shape index (κ2) is 5.73. The van der Waals surface area contributed by atoms with Gasteiger partial charge >= 0.3 is 0 Å². The van der Waals surface area contributed by atoms with Crippen LogP contribution in [0.5, 0.6) is 0 Å². The summed E-state index contributed by atoms with van der Waals surface area (Å²) in [7, 11) is 0. The Hall–Kier alpha value is -2.46. The monoisotopic (exact) mass is 293 g/mol. The van der Waals surface area contributed by atoms with Gasteiger partial charge < -0.3 is 5.11 Å². The molecule has 2 aromatic carbocycles. The Morgan fingerprint density at radius 3 is 2.50 bits per heavy atom. The van der Waals surface area contributed by atoms with Crippen LogP contribution < -0.4 is 0 Å². The van der Waals surface area contributed by atoms with Gasteiger partial charge in [0.1, 0.15) is 11.4 Å². The lowest BCUT2D eigenvalue weighted by Crippen LogP contribution is -2.01. The van der Waals surface area contributed by atoms with Gasteiger partial charge in [-0.2, -0.15) is 0 Å². The van der Waals surface area contributed by atoms with Crippen molar-refractivity contribution < 1.29 is 5.11 Å². The van der Waals surface area contributed by atoms with E-state index in [1.54, 1.807) is 4.68 Å². The van der Waals surface area contributed by atoms with Crippen LogP contribution in [0.15, 0.2) is 42.5 Å². The van der Waals surface area contributed by atoms with Crippen LogP contribution in [-0.2, 0) is 6.61 Å². The highest BCUT2D eigenvalue weighted by Gasteiger charge is 2.16. The molecule has 0 spiro atoms. The first-order valence-electron chi connectivity index (χ1n) is 7.30. The van der Waals surface area contributed by atoms with Crippen LogP contribution in [-0.4, -0.2) is 20.1 Å². The van der Waals surface area contributed by atoms with E-state index < -0.39 is 0 Å². The van der Waals surface area contributed by atoms with Crippen LogP contribution in [0.2, 0.25) is 0 Å². The van der Waals surface area contributed by atoms with Crippen molar-refractivity contribution in [3.8, 4) is 16.9 Å². The van der Waals surface area contributed by atoms with Gasteiger partial charge in [-0.25, -0.2) is 4.68 Å². The van der Waals surface area contributed by atoms with Gasteiger partial charge in [-0.3, -0.25) is 0 Å². The average molecular weight is 293 g/mol. The van der Waals surface area contributed by atoms with Crippen molar-refractivity contribution in [3.63, 3.8) is 0 Å². The van der Waals surface area contributed by atoms with Crippen molar-refractivity contribution in [3.05, 3.63) is 64.8 Å². The minimum atomic E-state index is -0.131. The zero-order valence-corrected chi connectivity index (χ0v) is 13.0. The van der Waals surface area contributed by atoms with Gasteiger partial charge in [-0.15, -0.1) is 5.10 Å². The Morgan fingerprint density at radius 2 is 1.82 bits per heavy atom. The lowest BCUT2D eigenvalue weighted by Gasteiger charge is -2.10. The molecule has 4 nitrogen and oxygen atoms in total. The molecule has 0 bridgehead atoms. The number of rotatable bonds is 3. The van der Waals surface area contributed by atoms with Crippen LogP contribution in [0.25, 0.3) is 16.9 Å². The molecule has 0 saturated heterocycles. The Labute approximate surface area is 130 Å². The SMILES string of the molecule is Cc1cccc(-c2c(CO)nnn2-c2ccc(C)c(C)c2)c1. The maximum atomic E-state index is 9.59. The average Bonchev–Trinajstić information content (AvgIpc) is 2.94. The third kappa shape index (κ3) is 2.53. The van der Waals surface area contributed by atoms with Gasteiger partial charge in [-0.05, 0) is 50.1 Å². The van der Waals surface area contributed by atoms with Crippen molar-refractivity contribution >= 4 is 0 Å². The molecule has 0 amide bonds. The molecule has 0 saturated carbocycles. The maximum absolute atomic E-state index is 9.59.